The van der Waals surface area contributed by atoms with Gasteiger partial charge < -0.3 is 14.5 Å². The molecule has 1 saturated heterocycles. The summed E-state index contributed by atoms with van der Waals surface area (Å²) in [6, 6.07) is 16.1. The number of fused-ring (bicyclic) bond motifs is 2. The third-order valence-electron chi connectivity index (χ3n) is 7.16. The van der Waals surface area contributed by atoms with Crippen molar-refractivity contribution in [1.29, 1.82) is 0 Å². The smallest absolute Gasteiger partial charge is 0.254 e. The Morgan fingerprint density at radius 1 is 0.971 bits per heavy atom. The number of amides is 2. The molecule has 1 aromatic heterocycles. The fraction of sp³-hybridized carbons (Fsp3) is 0.357. The lowest BCUT2D eigenvalue weighted by atomic mass is 10.1. The molecule has 2 amide bonds. The summed E-state index contributed by atoms with van der Waals surface area (Å²) in [6.07, 6.45) is 2.56. The topological polar surface area (TPSA) is 53.1 Å². The zero-order chi connectivity index (χ0) is 23.8. The molecule has 7 heteroatoms. The molecule has 0 N–H and O–H groups in total. The number of rotatable bonds is 4. The van der Waals surface area contributed by atoms with E-state index in [4.69, 9.17) is 4.74 Å². The zero-order valence-electron chi connectivity index (χ0n) is 19.7. The van der Waals surface area contributed by atoms with Crippen LogP contribution in [0.2, 0.25) is 0 Å². The van der Waals surface area contributed by atoms with Gasteiger partial charge >= 0.3 is 0 Å². The predicted octanol–water partition coefficient (Wildman–Crippen LogP) is 4.47. The number of carbonyl (C=O) groups is 2. The molecular formula is C28H29N3O3S. The van der Waals surface area contributed by atoms with E-state index in [9.17, 15) is 9.59 Å². The van der Waals surface area contributed by atoms with E-state index >= 15 is 0 Å². The Morgan fingerprint density at radius 3 is 2.80 bits per heavy atom. The molecule has 3 aliphatic rings. The highest BCUT2D eigenvalue weighted by Crippen LogP contribution is 2.29. The molecule has 0 bridgehead atoms. The second kappa shape index (κ2) is 9.47. The monoisotopic (exact) mass is 487 g/mol. The molecule has 35 heavy (non-hydrogen) atoms. The molecule has 0 atom stereocenters. The van der Waals surface area contributed by atoms with Crippen LogP contribution in [0, 0.1) is 0 Å². The van der Waals surface area contributed by atoms with Gasteiger partial charge in [0, 0.05) is 60.8 Å². The van der Waals surface area contributed by atoms with Crippen LogP contribution < -0.4 is 9.64 Å². The number of nitrogens with zero attached hydrogens (tertiary/aromatic N) is 3. The van der Waals surface area contributed by atoms with Crippen LogP contribution >= 0.6 is 11.3 Å². The Morgan fingerprint density at radius 2 is 1.91 bits per heavy atom. The molecule has 4 heterocycles. The third-order valence-corrected chi connectivity index (χ3v) is 8.19. The van der Waals surface area contributed by atoms with Gasteiger partial charge in [-0.25, -0.2) is 0 Å². The van der Waals surface area contributed by atoms with E-state index in [1.54, 1.807) is 4.90 Å². The lowest BCUT2D eigenvalue weighted by molar-refractivity contribution is -0.117. The van der Waals surface area contributed by atoms with Crippen molar-refractivity contribution in [2.75, 3.05) is 31.1 Å². The Hall–Kier alpha value is -3.16. The first-order chi connectivity index (χ1) is 17.1. The molecule has 3 aliphatic heterocycles. The Kier molecular flexibility index (Phi) is 6.04. The minimum atomic E-state index is -0.0265. The van der Waals surface area contributed by atoms with Crippen LogP contribution in [0.1, 0.15) is 44.8 Å². The summed E-state index contributed by atoms with van der Waals surface area (Å²) in [6.45, 7) is 5.19. The van der Waals surface area contributed by atoms with Gasteiger partial charge in [-0.15, -0.1) is 11.3 Å². The van der Waals surface area contributed by atoms with Crippen LogP contribution in [0.5, 0.6) is 5.75 Å². The number of benzene rings is 2. The molecular weight excluding hydrogens is 458 g/mol. The van der Waals surface area contributed by atoms with E-state index in [1.165, 1.54) is 16.0 Å². The fourth-order valence-electron chi connectivity index (χ4n) is 5.33. The van der Waals surface area contributed by atoms with Gasteiger partial charge in [0.05, 0.1) is 6.54 Å². The number of anilines is 1. The first-order valence-electron chi connectivity index (χ1n) is 12.4. The Labute approximate surface area is 209 Å². The average Bonchev–Trinajstić information content (AvgIpc) is 3.47. The summed E-state index contributed by atoms with van der Waals surface area (Å²) in [4.78, 5) is 33.3. The van der Waals surface area contributed by atoms with Crippen LogP contribution in [0.15, 0.2) is 53.9 Å². The van der Waals surface area contributed by atoms with Gasteiger partial charge in [0.1, 0.15) is 12.4 Å². The minimum Gasteiger partial charge on any atom is -0.491 e. The Balaban J connectivity index is 1.18. The largest absolute Gasteiger partial charge is 0.491 e. The van der Waals surface area contributed by atoms with Crippen LogP contribution in [0.25, 0.3) is 0 Å². The van der Waals surface area contributed by atoms with Crippen molar-refractivity contribution in [2.45, 2.75) is 38.9 Å². The van der Waals surface area contributed by atoms with E-state index in [0.717, 1.165) is 56.0 Å². The number of hydrogen-bond donors (Lipinski definition) is 0. The minimum absolute atomic E-state index is 0.0265. The van der Waals surface area contributed by atoms with E-state index in [2.05, 4.69) is 34.5 Å². The lowest BCUT2D eigenvalue weighted by Gasteiger charge is -2.27. The van der Waals surface area contributed by atoms with E-state index in [-0.39, 0.29) is 11.8 Å². The van der Waals surface area contributed by atoms with Crippen molar-refractivity contribution < 1.29 is 14.3 Å². The van der Waals surface area contributed by atoms with Crippen LogP contribution in [-0.2, 0) is 30.8 Å². The first-order valence-corrected chi connectivity index (χ1v) is 13.2. The second-order valence-corrected chi connectivity index (χ2v) is 10.5. The van der Waals surface area contributed by atoms with Gasteiger partial charge in [0.2, 0.25) is 5.91 Å². The van der Waals surface area contributed by atoms with Crippen molar-refractivity contribution >= 4 is 28.8 Å². The molecule has 0 aliphatic carbocycles. The number of ether oxygens (including phenoxy) is 1. The molecule has 1 fully saturated rings. The summed E-state index contributed by atoms with van der Waals surface area (Å²) >= 11 is 1.86. The third kappa shape index (κ3) is 4.58. The van der Waals surface area contributed by atoms with E-state index in [1.807, 2.05) is 40.5 Å². The molecule has 0 spiro atoms. The van der Waals surface area contributed by atoms with Crippen molar-refractivity contribution in [2.24, 2.45) is 0 Å². The van der Waals surface area contributed by atoms with Crippen molar-refractivity contribution in [3.63, 3.8) is 0 Å². The van der Waals surface area contributed by atoms with Gasteiger partial charge in [-0.3, -0.25) is 14.5 Å². The highest BCUT2D eigenvalue weighted by atomic mass is 32.1. The quantitative estimate of drug-likeness (QED) is 0.545. The lowest BCUT2D eigenvalue weighted by Crippen LogP contribution is -2.33. The van der Waals surface area contributed by atoms with Crippen LogP contribution in [-0.4, -0.2) is 47.9 Å². The summed E-state index contributed by atoms with van der Waals surface area (Å²) < 4.78 is 6.01. The summed E-state index contributed by atoms with van der Waals surface area (Å²) in [5, 5.41) is 2.19. The van der Waals surface area contributed by atoms with Gasteiger partial charge in [0.25, 0.3) is 5.91 Å². The van der Waals surface area contributed by atoms with Crippen molar-refractivity contribution in [3.8, 4) is 5.75 Å². The standard InChI is InChI=1S/C28H29N3O3S/c32-27-5-2-10-31(27)24-4-1-3-21(16-24)28(33)30-12-13-34-25-7-6-20(15-23(25)19-30)17-29-11-8-26-22(18-29)9-14-35-26/h1,3-4,6-7,9,14-16H,2,5,8,10-13,17-19H2. The number of carbonyl (C=O) groups excluding carboxylic acids is 2. The zero-order valence-corrected chi connectivity index (χ0v) is 20.6. The normalized spacial score (nSPS) is 18.1. The first kappa shape index (κ1) is 22.3. The second-order valence-electron chi connectivity index (χ2n) is 9.55. The Bertz CT molecular complexity index is 1270. The molecule has 0 radical (unpaired) electrons. The maximum Gasteiger partial charge on any atom is 0.254 e. The molecule has 0 unspecified atom stereocenters. The molecule has 6 nitrogen and oxygen atoms in total. The van der Waals surface area contributed by atoms with Crippen LogP contribution in [0.4, 0.5) is 5.69 Å². The maximum absolute atomic E-state index is 13.5. The van der Waals surface area contributed by atoms with Crippen molar-refractivity contribution in [3.05, 3.63) is 81.0 Å². The van der Waals surface area contributed by atoms with Crippen LogP contribution in [0.3, 0.4) is 0 Å². The molecule has 3 aromatic rings. The molecule has 6 rings (SSSR count). The van der Waals surface area contributed by atoms with Gasteiger partial charge in [0.15, 0.2) is 0 Å². The van der Waals surface area contributed by atoms with Gasteiger partial charge in [-0.1, -0.05) is 12.1 Å². The average molecular weight is 488 g/mol. The highest BCUT2D eigenvalue weighted by molar-refractivity contribution is 7.10. The van der Waals surface area contributed by atoms with E-state index in [0.29, 0.717) is 31.7 Å². The highest BCUT2D eigenvalue weighted by Gasteiger charge is 2.25. The SMILES string of the molecule is O=C(c1cccc(N2CCCC2=O)c1)N1CCOc2ccc(CN3CCc4sccc4C3)cc2C1. The summed E-state index contributed by atoms with van der Waals surface area (Å²) in [5.74, 6) is 0.962. The molecule has 180 valence electrons. The van der Waals surface area contributed by atoms with E-state index < -0.39 is 0 Å². The number of hydrogen-bond acceptors (Lipinski definition) is 5. The van der Waals surface area contributed by atoms with Gasteiger partial charge in [-0.05, 0) is 65.7 Å². The molecule has 0 saturated carbocycles. The predicted molar refractivity (Wildman–Crippen MR) is 137 cm³/mol. The summed E-state index contributed by atoms with van der Waals surface area (Å²) in [7, 11) is 0. The van der Waals surface area contributed by atoms with Gasteiger partial charge in [-0.2, -0.15) is 0 Å². The van der Waals surface area contributed by atoms with Crippen molar-refractivity contribution in [1.82, 2.24) is 9.80 Å². The number of thiophene rings is 1. The fourth-order valence-corrected chi connectivity index (χ4v) is 6.22. The summed E-state index contributed by atoms with van der Waals surface area (Å²) in [5.41, 5.74) is 5.17. The molecule has 2 aromatic carbocycles. The maximum atomic E-state index is 13.5.